The number of amides is 2. The van der Waals surface area contributed by atoms with Gasteiger partial charge in [-0.05, 0) is 12.1 Å². The van der Waals surface area contributed by atoms with E-state index in [1.165, 1.54) is 6.92 Å². The molecule has 0 bridgehead atoms. The Kier molecular flexibility index (Phi) is 4.34. The second-order valence-electron chi connectivity index (χ2n) is 3.15. The van der Waals surface area contributed by atoms with Gasteiger partial charge >= 0.3 is 0 Å². The van der Waals surface area contributed by atoms with Crippen LogP contribution >= 0.6 is 0 Å². The highest BCUT2D eigenvalue weighted by Gasteiger charge is 2.01. The van der Waals surface area contributed by atoms with Crippen molar-refractivity contribution >= 4 is 17.5 Å². The Bertz CT molecular complexity index is 336. The number of nitrogens with one attached hydrogen (secondary N) is 2. The summed E-state index contributed by atoms with van der Waals surface area (Å²) in [6.45, 7) is 1.79. The summed E-state index contributed by atoms with van der Waals surface area (Å²) in [5.41, 5.74) is 0.769. The molecule has 0 aliphatic rings. The summed E-state index contributed by atoms with van der Waals surface area (Å²) in [5.74, 6) is -0.225. The minimum Gasteiger partial charge on any atom is -0.356 e. The number of rotatable bonds is 4. The predicted octanol–water partition coefficient (Wildman–Crippen LogP) is 1.15. The molecule has 0 aliphatic heterocycles. The third-order valence-corrected chi connectivity index (χ3v) is 1.78. The van der Waals surface area contributed by atoms with E-state index in [-0.39, 0.29) is 18.2 Å². The Hall–Kier alpha value is -1.84. The summed E-state index contributed by atoms with van der Waals surface area (Å²) < 4.78 is 0. The van der Waals surface area contributed by atoms with Crippen LogP contribution in [0, 0.1) is 0 Å². The number of hydrogen-bond acceptors (Lipinski definition) is 2. The zero-order valence-corrected chi connectivity index (χ0v) is 8.62. The first-order valence-corrected chi connectivity index (χ1v) is 4.78. The lowest BCUT2D eigenvalue weighted by atomic mass is 10.3. The first-order chi connectivity index (χ1) is 7.18. The molecule has 0 unspecified atom stereocenters. The monoisotopic (exact) mass is 206 g/mol. The lowest BCUT2D eigenvalue weighted by Gasteiger charge is -2.04. The first kappa shape index (κ1) is 11.2. The van der Waals surface area contributed by atoms with E-state index in [4.69, 9.17) is 0 Å². The molecule has 0 spiro atoms. The van der Waals surface area contributed by atoms with Crippen molar-refractivity contribution in [3.8, 4) is 0 Å². The summed E-state index contributed by atoms with van der Waals surface area (Å²) in [6.07, 6.45) is 0.286. The highest BCUT2D eigenvalue weighted by molar-refractivity contribution is 5.91. The van der Waals surface area contributed by atoms with E-state index >= 15 is 0 Å². The van der Waals surface area contributed by atoms with Crippen LogP contribution in [-0.4, -0.2) is 18.4 Å². The highest BCUT2D eigenvalue weighted by Crippen LogP contribution is 2.04. The minimum atomic E-state index is -0.123. The van der Waals surface area contributed by atoms with Crippen LogP contribution in [0.25, 0.3) is 0 Å². The molecule has 0 fully saturated rings. The number of anilines is 1. The molecule has 0 radical (unpaired) electrons. The lowest BCUT2D eigenvalue weighted by molar-refractivity contribution is -0.119. The van der Waals surface area contributed by atoms with E-state index in [9.17, 15) is 9.59 Å². The van der Waals surface area contributed by atoms with Gasteiger partial charge in [0.05, 0.1) is 0 Å². The molecule has 0 saturated heterocycles. The van der Waals surface area contributed by atoms with Gasteiger partial charge in [0.1, 0.15) is 0 Å². The third kappa shape index (κ3) is 4.81. The van der Waals surface area contributed by atoms with Crippen LogP contribution in [0.5, 0.6) is 0 Å². The van der Waals surface area contributed by atoms with E-state index in [0.29, 0.717) is 6.54 Å². The van der Waals surface area contributed by atoms with Crippen LogP contribution in [0.15, 0.2) is 30.3 Å². The molecule has 2 N–H and O–H groups in total. The molecular formula is C11H14N2O2. The number of para-hydroxylation sites is 1. The molecule has 1 aromatic rings. The highest BCUT2D eigenvalue weighted by atomic mass is 16.2. The zero-order valence-electron chi connectivity index (χ0n) is 8.62. The molecule has 15 heavy (non-hydrogen) atoms. The average molecular weight is 206 g/mol. The fraction of sp³-hybridized carbons (Fsp3) is 0.273. The van der Waals surface area contributed by atoms with Crippen molar-refractivity contribution in [1.29, 1.82) is 0 Å². The van der Waals surface area contributed by atoms with Gasteiger partial charge in [-0.2, -0.15) is 0 Å². The van der Waals surface area contributed by atoms with Gasteiger partial charge in [-0.15, -0.1) is 0 Å². The molecule has 4 nitrogen and oxygen atoms in total. The Balaban J connectivity index is 2.28. The predicted molar refractivity (Wildman–Crippen MR) is 58.4 cm³/mol. The quantitative estimate of drug-likeness (QED) is 0.776. The molecule has 4 heteroatoms. The molecule has 0 heterocycles. The molecule has 0 aliphatic carbocycles. The van der Waals surface area contributed by atoms with Crippen molar-refractivity contribution in [3.05, 3.63) is 30.3 Å². The molecule has 1 aromatic carbocycles. The van der Waals surface area contributed by atoms with E-state index in [1.807, 2.05) is 30.3 Å². The van der Waals surface area contributed by atoms with Crippen LogP contribution in [0.2, 0.25) is 0 Å². The van der Waals surface area contributed by atoms with Gasteiger partial charge in [-0.25, -0.2) is 0 Å². The summed E-state index contributed by atoms with van der Waals surface area (Å²) in [7, 11) is 0. The van der Waals surface area contributed by atoms with E-state index < -0.39 is 0 Å². The number of benzene rings is 1. The van der Waals surface area contributed by atoms with Crippen LogP contribution in [-0.2, 0) is 9.59 Å². The van der Waals surface area contributed by atoms with Gasteiger partial charge in [-0.1, -0.05) is 18.2 Å². The topological polar surface area (TPSA) is 58.2 Å². The maximum absolute atomic E-state index is 11.3. The Morgan fingerprint density at radius 2 is 1.87 bits per heavy atom. The van der Waals surface area contributed by atoms with Crippen LogP contribution < -0.4 is 10.6 Å². The summed E-state index contributed by atoms with van der Waals surface area (Å²) >= 11 is 0. The van der Waals surface area contributed by atoms with Gasteiger partial charge in [0, 0.05) is 25.6 Å². The molecular weight excluding hydrogens is 192 g/mol. The first-order valence-electron chi connectivity index (χ1n) is 4.78. The van der Waals surface area contributed by atoms with Crippen molar-refractivity contribution in [2.24, 2.45) is 0 Å². The van der Waals surface area contributed by atoms with E-state index in [0.717, 1.165) is 5.69 Å². The van der Waals surface area contributed by atoms with E-state index in [1.54, 1.807) is 0 Å². The van der Waals surface area contributed by atoms with E-state index in [2.05, 4.69) is 10.6 Å². The van der Waals surface area contributed by atoms with Crippen molar-refractivity contribution in [2.75, 3.05) is 11.9 Å². The Morgan fingerprint density at radius 3 is 2.47 bits per heavy atom. The molecule has 0 atom stereocenters. The van der Waals surface area contributed by atoms with Crippen LogP contribution in [0.3, 0.4) is 0 Å². The number of carbonyl (C=O) groups excluding carboxylic acids is 2. The van der Waals surface area contributed by atoms with Crippen LogP contribution in [0.1, 0.15) is 13.3 Å². The molecule has 2 amide bonds. The normalized spacial score (nSPS) is 9.40. The van der Waals surface area contributed by atoms with Crippen molar-refractivity contribution in [2.45, 2.75) is 13.3 Å². The second kappa shape index (κ2) is 5.80. The SMILES string of the molecule is CC(=O)NCCC(=O)Nc1ccccc1. The van der Waals surface area contributed by atoms with Gasteiger partial charge in [0.15, 0.2) is 0 Å². The number of hydrogen-bond donors (Lipinski definition) is 2. The lowest BCUT2D eigenvalue weighted by Crippen LogP contribution is -2.25. The molecule has 0 aromatic heterocycles. The third-order valence-electron chi connectivity index (χ3n) is 1.78. The largest absolute Gasteiger partial charge is 0.356 e. The maximum Gasteiger partial charge on any atom is 0.226 e. The second-order valence-corrected chi connectivity index (χ2v) is 3.15. The Labute approximate surface area is 88.7 Å². The smallest absolute Gasteiger partial charge is 0.226 e. The average Bonchev–Trinajstić information content (AvgIpc) is 2.18. The molecule has 0 saturated carbocycles. The summed E-state index contributed by atoms with van der Waals surface area (Å²) in [5, 5.41) is 5.29. The molecule has 80 valence electrons. The van der Waals surface area contributed by atoms with Crippen molar-refractivity contribution in [3.63, 3.8) is 0 Å². The van der Waals surface area contributed by atoms with Crippen molar-refractivity contribution in [1.82, 2.24) is 5.32 Å². The summed E-state index contributed by atoms with van der Waals surface area (Å²) in [6, 6.07) is 9.21. The fourth-order valence-corrected chi connectivity index (χ4v) is 1.10. The van der Waals surface area contributed by atoms with Crippen molar-refractivity contribution < 1.29 is 9.59 Å². The van der Waals surface area contributed by atoms with Gasteiger partial charge in [-0.3, -0.25) is 9.59 Å². The zero-order chi connectivity index (χ0) is 11.1. The fourth-order valence-electron chi connectivity index (χ4n) is 1.10. The van der Waals surface area contributed by atoms with Gasteiger partial charge in [0.2, 0.25) is 11.8 Å². The maximum atomic E-state index is 11.3. The number of carbonyl (C=O) groups is 2. The van der Waals surface area contributed by atoms with Gasteiger partial charge in [0.25, 0.3) is 0 Å². The Morgan fingerprint density at radius 1 is 1.20 bits per heavy atom. The standard InChI is InChI=1S/C11H14N2O2/c1-9(14)12-8-7-11(15)13-10-5-3-2-4-6-10/h2-6H,7-8H2,1H3,(H,12,14)(H,13,15). The minimum absolute atomic E-state index is 0.102. The summed E-state index contributed by atoms with van der Waals surface area (Å²) in [4.78, 5) is 21.9. The van der Waals surface area contributed by atoms with Crippen LogP contribution in [0.4, 0.5) is 5.69 Å². The molecule has 1 rings (SSSR count). The van der Waals surface area contributed by atoms with Gasteiger partial charge < -0.3 is 10.6 Å².